The minimum absolute atomic E-state index is 0.390. The van der Waals surface area contributed by atoms with Gasteiger partial charge >= 0.3 is 0 Å². The Bertz CT molecular complexity index is 648. The van der Waals surface area contributed by atoms with Crippen molar-refractivity contribution in [2.75, 3.05) is 18.0 Å². The van der Waals surface area contributed by atoms with Crippen LogP contribution in [0.4, 0.5) is 5.82 Å². The zero-order valence-corrected chi connectivity index (χ0v) is 13.8. The van der Waals surface area contributed by atoms with E-state index >= 15 is 0 Å². The van der Waals surface area contributed by atoms with Crippen LogP contribution in [0.3, 0.4) is 0 Å². The summed E-state index contributed by atoms with van der Waals surface area (Å²) in [5.74, 6) is 2.51. The molecule has 0 spiro atoms. The summed E-state index contributed by atoms with van der Waals surface area (Å²) >= 11 is 0. The molecule has 1 atom stereocenters. The van der Waals surface area contributed by atoms with Crippen molar-refractivity contribution < 1.29 is 0 Å². The van der Waals surface area contributed by atoms with Gasteiger partial charge in [-0.25, -0.2) is 4.98 Å². The van der Waals surface area contributed by atoms with E-state index in [1.165, 1.54) is 0 Å². The van der Waals surface area contributed by atoms with Crippen LogP contribution in [0.25, 0.3) is 0 Å². The van der Waals surface area contributed by atoms with E-state index in [1.54, 1.807) is 0 Å². The van der Waals surface area contributed by atoms with Crippen molar-refractivity contribution in [3.8, 4) is 0 Å². The molecule has 0 saturated carbocycles. The highest BCUT2D eigenvalue weighted by Gasteiger charge is 2.27. The standard InChI is InChI=1S/C16H24N6/c1-11(2)22-10-18-20-16(22)14-6-5-7-21(9-14)15-13(4)17-8-12(3)19-15/h8,10-11,14H,5-7,9H2,1-4H3. The number of nitrogens with zero attached hydrogens (tertiary/aromatic N) is 6. The highest BCUT2D eigenvalue weighted by Crippen LogP contribution is 2.30. The van der Waals surface area contributed by atoms with Gasteiger partial charge in [0.2, 0.25) is 0 Å². The Morgan fingerprint density at radius 2 is 2.09 bits per heavy atom. The predicted molar refractivity (Wildman–Crippen MR) is 86.1 cm³/mol. The molecule has 0 amide bonds. The van der Waals surface area contributed by atoms with E-state index in [0.29, 0.717) is 12.0 Å². The van der Waals surface area contributed by atoms with Crippen molar-refractivity contribution in [1.82, 2.24) is 24.7 Å². The lowest BCUT2D eigenvalue weighted by atomic mass is 9.96. The second-order valence-electron chi connectivity index (χ2n) is 6.40. The topological polar surface area (TPSA) is 59.7 Å². The molecule has 0 N–H and O–H groups in total. The minimum Gasteiger partial charge on any atom is -0.354 e. The van der Waals surface area contributed by atoms with Gasteiger partial charge in [-0.1, -0.05) is 0 Å². The van der Waals surface area contributed by atoms with E-state index in [-0.39, 0.29) is 0 Å². The molecule has 118 valence electrons. The Morgan fingerprint density at radius 1 is 1.27 bits per heavy atom. The van der Waals surface area contributed by atoms with Crippen LogP contribution < -0.4 is 4.90 Å². The molecule has 0 aliphatic carbocycles. The van der Waals surface area contributed by atoms with Crippen molar-refractivity contribution in [3.63, 3.8) is 0 Å². The molecule has 0 aromatic carbocycles. The van der Waals surface area contributed by atoms with E-state index in [1.807, 2.05) is 26.4 Å². The van der Waals surface area contributed by atoms with Crippen molar-refractivity contribution in [2.24, 2.45) is 0 Å². The van der Waals surface area contributed by atoms with Crippen LogP contribution in [0, 0.1) is 13.8 Å². The average molecular weight is 300 g/mol. The molecular formula is C16H24N6. The first-order chi connectivity index (χ1) is 10.6. The third kappa shape index (κ3) is 2.82. The number of hydrogen-bond acceptors (Lipinski definition) is 5. The molecule has 1 aliphatic rings. The molecule has 2 aromatic heterocycles. The normalized spacial score (nSPS) is 19.0. The van der Waals surface area contributed by atoms with Crippen LogP contribution in [0.15, 0.2) is 12.5 Å². The third-order valence-electron chi connectivity index (χ3n) is 4.29. The predicted octanol–water partition coefficient (Wildman–Crippen LogP) is 2.65. The molecule has 3 rings (SSSR count). The summed E-state index contributed by atoms with van der Waals surface area (Å²) in [5.41, 5.74) is 1.96. The minimum atomic E-state index is 0.390. The summed E-state index contributed by atoms with van der Waals surface area (Å²) in [4.78, 5) is 11.5. The van der Waals surface area contributed by atoms with Crippen molar-refractivity contribution >= 4 is 5.82 Å². The van der Waals surface area contributed by atoms with Gasteiger partial charge in [0, 0.05) is 31.2 Å². The lowest BCUT2D eigenvalue weighted by Crippen LogP contribution is -2.36. The van der Waals surface area contributed by atoms with Gasteiger partial charge < -0.3 is 9.47 Å². The van der Waals surface area contributed by atoms with Gasteiger partial charge in [0.05, 0.1) is 11.4 Å². The van der Waals surface area contributed by atoms with Crippen molar-refractivity contribution in [3.05, 3.63) is 29.7 Å². The first-order valence-corrected chi connectivity index (χ1v) is 8.01. The number of aromatic nitrogens is 5. The fourth-order valence-electron chi connectivity index (χ4n) is 3.15. The smallest absolute Gasteiger partial charge is 0.150 e. The van der Waals surface area contributed by atoms with Gasteiger partial charge in [0.15, 0.2) is 0 Å². The molecule has 1 saturated heterocycles. The maximum Gasteiger partial charge on any atom is 0.150 e. The number of rotatable bonds is 3. The van der Waals surface area contributed by atoms with Crippen molar-refractivity contribution in [2.45, 2.75) is 52.5 Å². The summed E-state index contributed by atoms with van der Waals surface area (Å²) < 4.78 is 2.18. The van der Waals surface area contributed by atoms with Crippen LogP contribution in [0.1, 0.15) is 55.9 Å². The fraction of sp³-hybridized carbons (Fsp3) is 0.625. The molecule has 3 heterocycles. The second kappa shape index (κ2) is 6.02. The van der Waals surface area contributed by atoms with E-state index in [9.17, 15) is 0 Å². The van der Waals surface area contributed by atoms with Crippen LogP contribution in [0.2, 0.25) is 0 Å². The van der Waals surface area contributed by atoms with Gasteiger partial charge in [-0.15, -0.1) is 10.2 Å². The number of aryl methyl sites for hydroxylation is 2. The third-order valence-corrected chi connectivity index (χ3v) is 4.29. The lowest BCUT2D eigenvalue weighted by Gasteiger charge is -2.34. The second-order valence-corrected chi connectivity index (χ2v) is 6.40. The van der Waals surface area contributed by atoms with E-state index < -0.39 is 0 Å². The Balaban J connectivity index is 1.85. The van der Waals surface area contributed by atoms with Gasteiger partial charge in [-0.05, 0) is 40.5 Å². The van der Waals surface area contributed by atoms with E-state index in [0.717, 1.165) is 49.0 Å². The molecule has 1 unspecified atom stereocenters. The van der Waals surface area contributed by atoms with Gasteiger partial charge in [0.25, 0.3) is 0 Å². The summed E-state index contributed by atoms with van der Waals surface area (Å²) in [6.07, 6.45) is 5.97. The monoisotopic (exact) mass is 300 g/mol. The maximum atomic E-state index is 4.69. The zero-order chi connectivity index (χ0) is 15.7. The molecule has 6 nitrogen and oxygen atoms in total. The molecule has 1 aliphatic heterocycles. The fourth-order valence-corrected chi connectivity index (χ4v) is 3.15. The quantitative estimate of drug-likeness (QED) is 0.872. The Morgan fingerprint density at radius 3 is 2.86 bits per heavy atom. The van der Waals surface area contributed by atoms with Crippen LogP contribution >= 0.6 is 0 Å². The molecule has 0 bridgehead atoms. The average Bonchev–Trinajstić information content (AvgIpc) is 2.99. The maximum absolute atomic E-state index is 4.69. The number of anilines is 1. The van der Waals surface area contributed by atoms with Gasteiger partial charge in [0.1, 0.15) is 18.0 Å². The summed E-state index contributed by atoms with van der Waals surface area (Å²) in [6, 6.07) is 0.390. The van der Waals surface area contributed by atoms with E-state index in [2.05, 4.69) is 38.5 Å². The Hall–Kier alpha value is -1.98. The Labute approximate surface area is 131 Å². The molecule has 0 radical (unpaired) electrons. The molecular weight excluding hydrogens is 276 g/mol. The largest absolute Gasteiger partial charge is 0.354 e. The molecule has 1 fully saturated rings. The van der Waals surface area contributed by atoms with Gasteiger partial charge in [-0.3, -0.25) is 4.98 Å². The number of hydrogen-bond donors (Lipinski definition) is 0. The molecule has 6 heteroatoms. The van der Waals surface area contributed by atoms with Crippen LogP contribution in [-0.2, 0) is 0 Å². The summed E-state index contributed by atoms with van der Waals surface area (Å²) in [6.45, 7) is 10.3. The zero-order valence-electron chi connectivity index (χ0n) is 13.8. The lowest BCUT2D eigenvalue weighted by molar-refractivity contribution is 0.452. The summed E-state index contributed by atoms with van der Waals surface area (Å²) in [7, 11) is 0. The number of piperidine rings is 1. The van der Waals surface area contributed by atoms with Gasteiger partial charge in [-0.2, -0.15) is 0 Å². The Kier molecular flexibility index (Phi) is 4.09. The van der Waals surface area contributed by atoms with Crippen LogP contribution in [0.5, 0.6) is 0 Å². The molecule has 2 aromatic rings. The molecule has 22 heavy (non-hydrogen) atoms. The highest BCUT2D eigenvalue weighted by atomic mass is 15.3. The first kappa shape index (κ1) is 14.9. The van der Waals surface area contributed by atoms with Crippen molar-refractivity contribution in [1.29, 1.82) is 0 Å². The highest BCUT2D eigenvalue weighted by molar-refractivity contribution is 5.44. The SMILES string of the molecule is Cc1cnc(C)c(N2CCCC(c3nncn3C(C)C)C2)n1. The van der Waals surface area contributed by atoms with E-state index in [4.69, 9.17) is 4.98 Å². The van der Waals surface area contributed by atoms with Crippen LogP contribution in [-0.4, -0.2) is 37.8 Å². The summed E-state index contributed by atoms with van der Waals surface area (Å²) in [5, 5.41) is 8.49. The first-order valence-electron chi connectivity index (χ1n) is 8.01.